The number of aromatic nitrogens is 2. The van der Waals surface area contributed by atoms with Crippen LogP contribution < -0.4 is 10.9 Å². The third-order valence-corrected chi connectivity index (χ3v) is 4.61. The number of nitrogens with one attached hydrogen (secondary N) is 1. The molecule has 0 saturated heterocycles. The second-order valence-electron chi connectivity index (χ2n) is 6.59. The minimum atomic E-state index is -0.282. The van der Waals surface area contributed by atoms with Crippen LogP contribution in [0.15, 0.2) is 83.8 Å². The lowest BCUT2D eigenvalue weighted by atomic mass is 10.0. The Hall–Kier alpha value is -3.73. The zero-order valence-electron chi connectivity index (χ0n) is 15.4. The number of amides is 1. The fourth-order valence-electron chi connectivity index (χ4n) is 3.16. The van der Waals surface area contributed by atoms with Gasteiger partial charge in [-0.05, 0) is 35.7 Å². The maximum atomic E-state index is 12.6. The third kappa shape index (κ3) is 3.55. The standard InChI is InChI=1S/C23H19N3O2/c1-16-22(23(28)26-14-6-5-9-20(26)24-16)25-21(27)15-17-10-12-19(13-11-17)18-7-3-2-4-8-18/h2-14H,15H2,1H3,(H,25,27). The molecule has 2 aromatic carbocycles. The highest BCUT2D eigenvalue weighted by molar-refractivity contribution is 5.92. The zero-order chi connectivity index (χ0) is 19.5. The Labute approximate surface area is 162 Å². The summed E-state index contributed by atoms with van der Waals surface area (Å²) >= 11 is 0. The quantitative estimate of drug-likeness (QED) is 0.594. The number of hydrogen-bond acceptors (Lipinski definition) is 3. The lowest BCUT2D eigenvalue weighted by Crippen LogP contribution is -2.25. The number of carbonyl (C=O) groups excluding carboxylic acids is 1. The van der Waals surface area contributed by atoms with Gasteiger partial charge in [0.25, 0.3) is 5.56 Å². The maximum Gasteiger partial charge on any atom is 0.281 e. The van der Waals surface area contributed by atoms with Gasteiger partial charge in [0.15, 0.2) is 0 Å². The highest BCUT2D eigenvalue weighted by atomic mass is 16.2. The van der Waals surface area contributed by atoms with E-state index in [4.69, 9.17) is 0 Å². The molecule has 1 amide bonds. The molecule has 5 heteroatoms. The topological polar surface area (TPSA) is 63.5 Å². The normalized spacial score (nSPS) is 10.8. The molecule has 1 N–H and O–H groups in total. The van der Waals surface area contributed by atoms with E-state index >= 15 is 0 Å². The summed E-state index contributed by atoms with van der Waals surface area (Å²) in [5.41, 5.74) is 4.10. The van der Waals surface area contributed by atoms with Crippen LogP contribution >= 0.6 is 0 Å². The number of anilines is 1. The van der Waals surface area contributed by atoms with E-state index in [0.29, 0.717) is 11.3 Å². The summed E-state index contributed by atoms with van der Waals surface area (Å²) < 4.78 is 1.43. The van der Waals surface area contributed by atoms with Crippen molar-refractivity contribution in [1.82, 2.24) is 9.38 Å². The Morgan fingerprint density at radius 3 is 2.36 bits per heavy atom. The molecule has 0 radical (unpaired) electrons. The zero-order valence-corrected chi connectivity index (χ0v) is 15.4. The number of hydrogen-bond donors (Lipinski definition) is 1. The van der Waals surface area contributed by atoms with E-state index in [1.807, 2.05) is 60.7 Å². The molecule has 0 fully saturated rings. The third-order valence-electron chi connectivity index (χ3n) is 4.61. The van der Waals surface area contributed by atoms with Crippen LogP contribution in [0.2, 0.25) is 0 Å². The van der Waals surface area contributed by atoms with Crippen LogP contribution in [0, 0.1) is 6.92 Å². The van der Waals surface area contributed by atoms with Gasteiger partial charge in [0.05, 0.1) is 12.1 Å². The van der Waals surface area contributed by atoms with Crippen molar-refractivity contribution < 1.29 is 4.79 Å². The van der Waals surface area contributed by atoms with E-state index in [2.05, 4.69) is 10.3 Å². The van der Waals surface area contributed by atoms with Gasteiger partial charge in [-0.25, -0.2) is 4.98 Å². The second kappa shape index (κ2) is 7.48. The predicted octanol–water partition coefficient (Wildman–Crippen LogP) is 3.85. The molecule has 0 aliphatic heterocycles. The first kappa shape index (κ1) is 17.7. The Morgan fingerprint density at radius 2 is 1.61 bits per heavy atom. The van der Waals surface area contributed by atoms with E-state index in [9.17, 15) is 9.59 Å². The number of carbonyl (C=O) groups is 1. The fraction of sp³-hybridized carbons (Fsp3) is 0.0870. The Kier molecular flexibility index (Phi) is 4.72. The highest BCUT2D eigenvalue weighted by Gasteiger charge is 2.13. The molecule has 4 rings (SSSR count). The van der Waals surface area contributed by atoms with Gasteiger partial charge in [0.1, 0.15) is 11.3 Å². The first-order valence-electron chi connectivity index (χ1n) is 9.04. The molecule has 0 bridgehead atoms. The molecule has 0 aliphatic carbocycles. The average Bonchev–Trinajstić information content (AvgIpc) is 2.72. The first-order chi connectivity index (χ1) is 13.6. The summed E-state index contributed by atoms with van der Waals surface area (Å²) in [6.07, 6.45) is 1.83. The number of benzene rings is 2. The fourth-order valence-corrected chi connectivity index (χ4v) is 3.16. The van der Waals surface area contributed by atoms with Crippen LogP contribution in [-0.4, -0.2) is 15.3 Å². The largest absolute Gasteiger partial charge is 0.320 e. The lowest BCUT2D eigenvalue weighted by molar-refractivity contribution is -0.115. The van der Waals surface area contributed by atoms with Crippen LogP contribution in [-0.2, 0) is 11.2 Å². The maximum absolute atomic E-state index is 12.6. The van der Waals surface area contributed by atoms with Crippen molar-refractivity contribution in [2.24, 2.45) is 0 Å². The molecule has 4 aromatic rings. The molecule has 2 aromatic heterocycles. The van der Waals surface area contributed by atoms with Gasteiger partial charge < -0.3 is 5.32 Å². The first-order valence-corrected chi connectivity index (χ1v) is 9.04. The summed E-state index contributed by atoms with van der Waals surface area (Å²) in [6.45, 7) is 1.72. The minimum absolute atomic E-state index is 0.186. The summed E-state index contributed by atoms with van der Waals surface area (Å²) in [6, 6.07) is 23.2. The summed E-state index contributed by atoms with van der Waals surface area (Å²) in [5, 5.41) is 2.73. The van der Waals surface area contributed by atoms with Gasteiger partial charge in [0.2, 0.25) is 5.91 Å². The summed E-state index contributed by atoms with van der Waals surface area (Å²) in [4.78, 5) is 29.5. The molecule has 2 heterocycles. The molecule has 5 nitrogen and oxygen atoms in total. The number of pyridine rings is 1. The SMILES string of the molecule is Cc1nc2ccccn2c(=O)c1NC(=O)Cc1ccc(-c2ccccc2)cc1. The van der Waals surface area contributed by atoms with Crippen LogP contribution in [0.3, 0.4) is 0 Å². The number of aryl methyl sites for hydroxylation is 1. The Bertz CT molecular complexity index is 1200. The summed E-state index contributed by atoms with van der Waals surface area (Å²) in [7, 11) is 0. The van der Waals surface area contributed by atoms with Crippen molar-refractivity contribution in [2.75, 3.05) is 5.32 Å². The van der Waals surface area contributed by atoms with E-state index < -0.39 is 0 Å². The summed E-state index contributed by atoms with van der Waals surface area (Å²) in [5.74, 6) is -0.245. The van der Waals surface area contributed by atoms with E-state index in [1.165, 1.54) is 4.40 Å². The molecule has 0 saturated carbocycles. The van der Waals surface area contributed by atoms with E-state index in [-0.39, 0.29) is 23.6 Å². The van der Waals surface area contributed by atoms with Gasteiger partial charge >= 0.3 is 0 Å². The molecule has 28 heavy (non-hydrogen) atoms. The predicted molar refractivity (Wildman–Crippen MR) is 110 cm³/mol. The van der Waals surface area contributed by atoms with Crippen molar-refractivity contribution >= 4 is 17.2 Å². The number of rotatable bonds is 4. The smallest absolute Gasteiger partial charge is 0.281 e. The van der Waals surface area contributed by atoms with Crippen molar-refractivity contribution in [1.29, 1.82) is 0 Å². The van der Waals surface area contributed by atoms with Gasteiger partial charge in [-0.2, -0.15) is 0 Å². The van der Waals surface area contributed by atoms with E-state index in [0.717, 1.165) is 16.7 Å². The van der Waals surface area contributed by atoms with Gasteiger partial charge in [-0.1, -0.05) is 60.7 Å². The van der Waals surface area contributed by atoms with Crippen LogP contribution in [0.5, 0.6) is 0 Å². The molecular formula is C23H19N3O2. The molecule has 138 valence electrons. The minimum Gasteiger partial charge on any atom is -0.320 e. The monoisotopic (exact) mass is 369 g/mol. The molecular weight excluding hydrogens is 350 g/mol. The van der Waals surface area contributed by atoms with Gasteiger partial charge in [-0.15, -0.1) is 0 Å². The molecule has 0 atom stereocenters. The van der Waals surface area contributed by atoms with E-state index in [1.54, 1.807) is 25.3 Å². The van der Waals surface area contributed by atoms with Crippen molar-refractivity contribution in [2.45, 2.75) is 13.3 Å². The number of fused-ring (bicyclic) bond motifs is 1. The lowest BCUT2D eigenvalue weighted by Gasteiger charge is -2.10. The number of nitrogens with zero attached hydrogens (tertiary/aromatic N) is 2. The second-order valence-corrected chi connectivity index (χ2v) is 6.59. The van der Waals surface area contributed by atoms with Crippen LogP contribution in [0.1, 0.15) is 11.3 Å². The van der Waals surface area contributed by atoms with Crippen molar-refractivity contribution in [3.63, 3.8) is 0 Å². The average molecular weight is 369 g/mol. The van der Waals surface area contributed by atoms with Gasteiger partial charge in [-0.3, -0.25) is 14.0 Å². The van der Waals surface area contributed by atoms with Crippen LogP contribution in [0.25, 0.3) is 16.8 Å². The van der Waals surface area contributed by atoms with Crippen molar-refractivity contribution in [3.05, 3.63) is 101 Å². The molecule has 0 unspecified atom stereocenters. The Morgan fingerprint density at radius 1 is 0.929 bits per heavy atom. The molecule has 0 aliphatic rings. The molecule has 0 spiro atoms. The van der Waals surface area contributed by atoms with Crippen molar-refractivity contribution in [3.8, 4) is 11.1 Å². The highest BCUT2D eigenvalue weighted by Crippen LogP contribution is 2.19. The van der Waals surface area contributed by atoms with Crippen LogP contribution in [0.4, 0.5) is 5.69 Å². The Balaban J connectivity index is 1.52. The van der Waals surface area contributed by atoms with Gasteiger partial charge in [0, 0.05) is 6.20 Å².